The molecule has 13 heteroatoms. The number of ether oxygens (including phenoxy) is 2. The van der Waals surface area contributed by atoms with E-state index in [1.165, 1.54) is 13.3 Å². The van der Waals surface area contributed by atoms with Crippen molar-refractivity contribution in [3.8, 4) is 5.75 Å². The fourth-order valence-corrected chi connectivity index (χ4v) is 6.37. The molecule has 1 atom stereocenters. The van der Waals surface area contributed by atoms with Crippen LogP contribution in [-0.4, -0.2) is 35.0 Å². The van der Waals surface area contributed by atoms with Crippen LogP contribution in [-0.2, 0) is 34.6 Å². The number of hydrogen-bond donors (Lipinski definition) is 2. The van der Waals surface area contributed by atoms with Gasteiger partial charge in [-0.1, -0.05) is 42.5 Å². The molecule has 252 valence electrons. The van der Waals surface area contributed by atoms with Crippen LogP contribution in [0.1, 0.15) is 66.5 Å². The highest BCUT2D eigenvalue weighted by Crippen LogP contribution is 2.47. The normalized spacial score (nSPS) is 21.0. The maximum absolute atomic E-state index is 13.5. The Morgan fingerprint density at radius 3 is 2.06 bits per heavy atom. The summed E-state index contributed by atoms with van der Waals surface area (Å²) in [6, 6.07) is 18.7. The van der Waals surface area contributed by atoms with Crippen molar-refractivity contribution in [2.75, 3.05) is 20.3 Å². The summed E-state index contributed by atoms with van der Waals surface area (Å²) in [5, 5.41) is 9.93. The zero-order valence-electron chi connectivity index (χ0n) is 25.9. The molecular formula is C34H36F6N4O3. The van der Waals surface area contributed by atoms with E-state index in [1.54, 1.807) is 11.7 Å². The first-order valence-electron chi connectivity index (χ1n) is 15.2. The predicted molar refractivity (Wildman–Crippen MR) is 163 cm³/mol. The molecule has 5 rings (SSSR count). The van der Waals surface area contributed by atoms with E-state index in [0.29, 0.717) is 50.9 Å². The Labute approximate surface area is 267 Å². The van der Waals surface area contributed by atoms with E-state index in [1.807, 2.05) is 54.6 Å². The first-order valence-corrected chi connectivity index (χ1v) is 15.2. The highest BCUT2D eigenvalue weighted by atomic mass is 19.4. The predicted octanol–water partition coefficient (Wildman–Crippen LogP) is 7.39. The molecule has 0 bridgehead atoms. The van der Waals surface area contributed by atoms with Crippen LogP contribution in [0, 0.1) is 0 Å². The zero-order valence-corrected chi connectivity index (χ0v) is 25.9. The summed E-state index contributed by atoms with van der Waals surface area (Å²) in [5.41, 5.74) is -2.63. The van der Waals surface area contributed by atoms with Crippen LogP contribution in [0.15, 0.2) is 83.9 Å². The summed E-state index contributed by atoms with van der Waals surface area (Å²) in [7, 11) is 1.60. The fourth-order valence-electron chi connectivity index (χ4n) is 6.37. The van der Waals surface area contributed by atoms with Crippen molar-refractivity contribution >= 4 is 0 Å². The Kier molecular flexibility index (Phi) is 9.88. The van der Waals surface area contributed by atoms with E-state index in [9.17, 15) is 31.1 Å². The van der Waals surface area contributed by atoms with Crippen LogP contribution in [0.5, 0.6) is 5.75 Å². The topological polar surface area (TPSA) is 81.2 Å². The van der Waals surface area contributed by atoms with Crippen LogP contribution < -0.4 is 15.7 Å². The minimum atomic E-state index is -4.96. The van der Waals surface area contributed by atoms with E-state index >= 15 is 0 Å². The first kappa shape index (κ1) is 34.2. The summed E-state index contributed by atoms with van der Waals surface area (Å²) in [4.78, 5) is 12.8. The highest BCUT2D eigenvalue weighted by molar-refractivity contribution is 5.35. The van der Waals surface area contributed by atoms with E-state index < -0.39 is 40.5 Å². The molecule has 0 unspecified atom stereocenters. The number of nitrogens with one attached hydrogen (secondary N) is 2. The largest absolute Gasteiger partial charge is 0.497 e. The number of aromatic nitrogens is 3. The average molecular weight is 663 g/mol. The minimum Gasteiger partial charge on any atom is -0.497 e. The molecule has 2 N–H and O–H groups in total. The van der Waals surface area contributed by atoms with Gasteiger partial charge in [0, 0.05) is 18.5 Å². The molecular weight excluding hydrogens is 626 g/mol. The van der Waals surface area contributed by atoms with Gasteiger partial charge in [-0.05, 0) is 79.6 Å². The van der Waals surface area contributed by atoms with E-state index in [-0.39, 0.29) is 23.9 Å². The SMILES string of the molecule is COc1ccc(CNCC2(n3cn[nH]c3=O)CCC(CO[C@H](C)c3cc(C(F)(F)F)cc(C(F)(F)F)c3)(c3ccccc3)CC2)cc1. The minimum absolute atomic E-state index is 0.0470. The smallest absolute Gasteiger partial charge is 0.416 e. The van der Waals surface area contributed by atoms with Crippen molar-refractivity contribution in [3.63, 3.8) is 0 Å². The lowest BCUT2D eigenvalue weighted by Crippen LogP contribution is -2.52. The van der Waals surface area contributed by atoms with Crippen LogP contribution >= 0.6 is 0 Å². The lowest BCUT2D eigenvalue weighted by Gasteiger charge is -2.47. The molecule has 1 heterocycles. The summed E-state index contributed by atoms with van der Waals surface area (Å²) in [6.07, 6.45) is -7.39. The Balaban J connectivity index is 1.38. The van der Waals surface area contributed by atoms with Gasteiger partial charge in [-0.15, -0.1) is 0 Å². The van der Waals surface area contributed by atoms with Crippen molar-refractivity contribution in [3.05, 3.63) is 117 Å². The second-order valence-corrected chi connectivity index (χ2v) is 12.1. The zero-order chi connectivity index (χ0) is 33.9. The van der Waals surface area contributed by atoms with Crippen LogP contribution in [0.4, 0.5) is 26.3 Å². The Hall–Kier alpha value is -4.10. The molecule has 0 saturated heterocycles. The van der Waals surface area contributed by atoms with Gasteiger partial charge in [-0.25, -0.2) is 9.89 Å². The molecule has 1 saturated carbocycles. The molecule has 1 aliphatic rings. The maximum Gasteiger partial charge on any atom is 0.416 e. The van der Waals surface area contributed by atoms with E-state index in [0.717, 1.165) is 16.9 Å². The number of nitrogens with zero attached hydrogens (tertiary/aromatic N) is 2. The number of halogens is 6. The third kappa shape index (κ3) is 7.73. The Morgan fingerprint density at radius 2 is 1.53 bits per heavy atom. The Morgan fingerprint density at radius 1 is 0.915 bits per heavy atom. The quantitative estimate of drug-likeness (QED) is 0.164. The molecule has 7 nitrogen and oxygen atoms in total. The molecule has 4 aromatic rings. The van der Waals surface area contributed by atoms with Crippen LogP contribution in [0.2, 0.25) is 0 Å². The van der Waals surface area contributed by atoms with Crippen molar-refractivity contribution in [2.45, 2.75) is 68.6 Å². The highest BCUT2D eigenvalue weighted by Gasteiger charge is 2.46. The fraction of sp³-hybridized carbons (Fsp3) is 0.412. The molecule has 3 aromatic carbocycles. The number of methoxy groups -OCH3 is 1. The second-order valence-electron chi connectivity index (χ2n) is 12.1. The van der Waals surface area contributed by atoms with Crippen molar-refractivity contribution < 1.29 is 35.8 Å². The lowest BCUT2D eigenvalue weighted by molar-refractivity contribution is -0.143. The van der Waals surface area contributed by atoms with Gasteiger partial charge in [0.1, 0.15) is 12.1 Å². The van der Waals surface area contributed by atoms with Crippen molar-refractivity contribution in [2.24, 2.45) is 0 Å². The number of H-pyrrole nitrogens is 1. The van der Waals surface area contributed by atoms with E-state index in [2.05, 4.69) is 15.5 Å². The van der Waals surface area contributed by atoms with Crippen molar-refractivity contribution in [1.82, 2.24) is 20.1 Å². The molecule has 0 radical (unpaired) electrons. The van der Waals surface area contributed by atoms with Crippen molar-refractivity contribution in [1.29, 1.82) is 0 Å². The molecule has 1 aromatic heterocycles. The molecule has 0 aliphatic heterocycles. The Bertz CT molecular complexity index is 1640. The summed E-state index contributed by atoms with van der Waals surface area (Å²) in [5.74, 6) is 0.741. The number of rotatable bonds is 11. The van der Waals surface area contributed by atoms with E-state index in [4.69, 9.17) is 9.47 Å². The standard InChI is InChI=1S/C34H36F6N4O3/c1-23(25-16-27(33(35,36)37)18-28(17-25)34(38,39)40)47-21-31(26-6-4-3-5-7-26)12-14-32(15-13-31,44-22-42-43-30(44)45)20-41-19-24-8-10-29(46-2)11-9-24/h3-11,16-18,22-23,41H,12-15,19-21H2,1-2H3,(H,43,45)/t23-,31?,32?/m1/s1. The van der Waals surface area contributed by atoms with Gasteiger partial charge in [0.25, 0.3) is 0 Å². The third-order valence-electron chi connectivity index (χ3n) is 9.22. The van der Waals surface area contributed by atoms with Gasteiger partial charge in [0.05, 0.1) is 36.5 Å². The third-order valence-corrected chi connectivity index (χ3v) is 9.22. The maximum atomic E-state index is 13.5. The van der Waals surface area contributed by atoms with Gasteiger partial charge < -0.3 is 14.8 Å². The average Bonchev–Trinajstić information content (AvgIpc) is 3.50. The first-order chi connectivity index (χ1) is 22.2. The number of benzene rings is 3. The summed E-state index contributed by atoms with van der Waals surface area (Å²) >= 11 is 0. The molecule has 0 spiro atoms. The number of aromatic amines is 1. The summed E-state index contributed by atoms with van der Waals surface area (Å²) < 4.78 is 94.2. The van der Waals surface area contributed by atoms with Crippen LogP contribution in [0.3, 0.4) is 0 Å². The van der Waals surface area contributed by atoms with Crippen LogP contribution in [0.25, 0.3) is 0 Å². The number of hydrogen-bond acceptors (Lipinski definition) is 5. The molecule has 1 fully saturated rings. The van der Waals surface area contributed by atoms with Gasteiger partial charge in [-0.3, -0.25) is 4.57 Å². The molecule has 47 heavy (non-hydrogen) atoms. The van der Waals surface area contributed by atoms with Gasteiger partial charge in [0.15, 0.2) is 0 Å². The monoisotopic (exact) mass is 662 g/mol. The number of alkyl halides is 6. The summed E-state index contributed by atoms with van der Waals surface area (Å²) in [6.45, 7) is 2.49. The van der Waals surface area contributed by atoms with Gasteiger partial charge in [-0.2, -0.15) is 31.4 Å². The van der Waals surface area contributed by atoms with Gasteiger partial charge in [0.2, 0.25) is 0 Å². The molecule has 0 amide bonds. The second kappa shape index (κ2) is 13.6. The lowest BCUT2D eigenvalue weighted by atomic mass is 9.64. The molecule has 1 aliphatic carbocycles. The van der Waals surface area contributed by atoms with Gasteiger partial charge >= 0.3 is 18.0 Å².